The summed E-state index contributed by atoms with van der Waals surface area (Å²) >= 11 is 12.8. The van der Waals surface area contributed by atoms with E-state index >= 15 is 0 Å². The van der Waals surface area contributed by atoms with Crippen molar-refractivity contribution in [1.82, 2.24) is 0 Å². The summed E-state index contributed by atoms with van der Waals surface area (Å²) in [6.07, 6.45) is 1.98. The Kier molecular flexibility index (Phi) is 7.07. The van der Waals surface area contributed by atoms with Gasteiger partial charge in [-0.15, -0.1) is 0 Å². The number of fused-ring (bicyclic) bond motifs is 1. The number of nitro groups is 1. The second kappa shape index (κ2) is 10.7. The molecule has 1 N–H and O–H groups in total. The van der Waals surface area contributed by atoms with Crippen molar-refractivity contribution in [3.63, 3.8) is 0 Å². The number of non-ortho nitro benzene ring substituents is 1. The van der Waals surface area contributed by atoms with Crippen LogP contribution in [-0.4, -0.2) is 10.8 Å². The average Bonchev–Trinajstić information content (AvgIpc) is 3.02. The van der Waals surface area contributed by atoms with Gasteiger partial charge in [-0.05, 0) is 0 Å². The van der Waals surface area contributed by atoms with Crippen molar-refractivity contribution in [3.8, 4) is 5.75 Å². The minimum atomic E-state index is -3.86. The Morgan fingerprint density at radius 2 is 1.31 bits per heavy atom. The monoisotopic (exact) mass is 612 g/mol. The normalized spacial score (nSPS) is 15.3. The first-order valence-electron chi connectivity index (χ1n) is 13.0. The standard InChI is InChI=1S/C33H23Cl2N2O4P/c34-24-20-23-18-19-42(26-10-4-1-5-11-26,27-12-6-2-7-13-27,28-14-8-3-9-15-28)41-32(23)29(21-24)33(38)36-31-17-16-25(37(39)40)22-30(31)35/h1-22H,(H,36,38). The fourth-order valence-corrected chi connectivity index (χ4v) is 11.0. The molecule has 5 aromatic rings. The van der Waals surface area contributed by atoms with Crippen molar-refractivity contribution < 1.29 is 14.2 Å². The number of nitrogens with zero attached hydrogens (tertiary/aromatic N) is 1. The zero-order valence-corrected chi connectivity index (χ0v) is 24.4. The summed E-state index contributed by atoms with van der Waals surface area (Å²) in [5.41, 5.74) is 0.884. The van der Waals surface area contributed by atoms with Crippen molar-refractivity contribution in [2.24, 2.45) is 0 Å². The molecule has 0 aliphatic carbocycles. The third-order valence-corrected chi connectivity index (χ3v) is 13.1. The van der Waals surface area contributed by atoms with Gasteiger partial charge in [0.1, 0.15) is 0 Å². The number of hydrogen-bond donors (Lipinski definition) is 1. The Hall–Kier alpha value is -4.48. The summed E-state index contributed by atoms with van der Waals surface area (Å²) in [6.45, 7) is -3.86. The van der Waals surface area contributed by atoms with Crippen LogP contribution in [0, 0.1) is 10.1 Å². The number of carbonyl (C=O) groups excluding carboxylic acids is 1. The molecule has 0 saturated heterocycles. The molecule has 0 aromatic heterocycles. The number of anilines is 1. The molecule has 1 amide bonds. The Labute approximate surface area is 252 Å². The summed E-state index contributed by atoms with van der Waals surface area (Å²) in [4.78, 5) is 24.5. The first-order valence-corrected chi connectivity index (χ1v) is 16.0. The van der Waals surface area contributed by atoms with Crippen LogP contribution in [0.2, 0.25) is 10.0 Å². The van der Waals surface area contributed by atoms with Gasteiger partial charge in [-0.1, -0.05) is 0 Å². The SMILES string of the molecule is O=C(Nc1ccc([N+](=O)[O-])cc1Cl)c1cc(Cl)cc2c1OP(c1ccccc1)(c1ccccc1)(c1ccccc1)C=C2. The number of rotatable bonds is 6. The first kappa shape index (κ1) is 27.7. The van der Waals surface area contributed by atoms with E-state index in [-0.39, 0.29) is 22.0 Å². The molecule has 1 aliphatic heterocycles. The molecule has 0 spiro atoms. The van der Waals surface area contributed by atoms with Crippen molar-refractivity contribution >= 4 is 69.3 Å². The van der Waals surface area contributed by atoms with Gasteiger partial charge in [-0.2, -0.15) is 0 Å². The molecule has 5 aromatic carbocycles. The summed E-state index contributed by atoms with van der Waals surface area (Å²) in [5, 5.41) is 17.2. The van der Waals surface area contributed by atoms with E-state index in [0.717, 1.165) is 15.9 Å². The molecule has 0 atom stereocenters. The Morgan fingerprint density at radius 3 is 1.81 bits per heavy atom. The molecule has 0 fully saturated rings. The second-order valence-electron chi connectivity index (χ2n) is 9.76. The van der Waals surface area contributed by atoms with Crippen molar-refractivity contribution in [2.45, 2.75) is 0 Å². The fraction of sp³-hybridized carbons (Fsp3) is 0. The Morgan fingerprint density at radius 1 is 0.762 bits per heavy atom. The number of amides is 1. The van der Waals surface area contributed by atoms with E-state index in [2.05, 4.69) is 47.5 Å². The van der Waals surface area contributed by atoms with Crippen LogP contribution in [0.5, 0.6) is 5.75 Å². The van der Waals surface area contributed by atoms with E-state index < -0.39 is 17.7 Å². The van der Waals surface area contributed by atoms with Gasteiger partial charge in [0.05, 0.1) is 0 Å². The van der Waals surface area contributed by atoms with Crippen LogP contribution in [0.25, 0.3) is 6.08 Å². The maximum atomic E-state index is 13.9. The molecule has 0 bridgehead atoms. The molecule has 0 saturated carbocycles. The van der Waals surface area contributed by atoms with Crippen LogP contribution < -0.4 is 25.8 Å². The van der Waals surface area contributed by atoms with Crippen LogP contribution in [-0.2, 0) is 0 Å². The zero-order valence-electron chi connectivity index (χ0n) is 22.0. The summed E-state index contributed by atoms with van der Waals surface area (Å²) in [5.74, 6) is 1.98. The average molecular weight is 613 g/mol. The van der Waals surface area contributed by atoms with Crippen molar-refractivity contribution in [3.05, 3.63) is 158 Å². The minimum absolute atomic E-state index is 0.0340. The number of nitrogens with one attached hydrogen (secondary N) is 1. The molecule has 0 radical (unpaired) electrons. The maximum absolute atomic E-state index is 13.9. The second-order valence-corrected chi connectivity index (χ2v) is 14.8. The molecular weight excluding hydrogens is 590 g/mol. The Bertz CT molecular complexity index is 1770. The number of nitro benzene ring substituents is 1. The Balaban J connectivity index is 1.58. The molecular formula is C33H23Cl2N2O4P. The number of carbonyl (C=O) groups is 1. The number of halogens is 2. The predicted molar refractivity (Wildman–Crippen MR) is 172 cm³/mol. The van der Waals surface area contributed by atoms with Gasteiger partial charge < -0.3 is 0 Å². The van der Waals surface area contributed by atoms with Gasteiger partial charge >= 0.3 is 253 Å². The van der Waals surface area contributed by atoms with Crippen molar-refractivity contribution in [1.29, 1.82) is 0 Å². The molecule has 1 heterocycles. The van der Waals surface area contributed by atoms with Crippen LogP contribution in [0.4, 0.5) is 11.4 Å². The van der Waals surface area contributed by atoms with Crippen LogP contribution in [0.3, 0.4) is 0 Å². The summed E-state index contributed by atoms with van der Waals surface area (Å²) in [7, 11) is 0. The first-order chi connectivity index (χ1) is 20.3. The van der Waals surface area contributed by atoms with Crippen molar-refractivity contribution in [2.75, 3.05) is 5.32 Å². The van der Waals surface area contributed by atoms with E-state index in [1.165, 1.54) is 18.2 Å². The van der Waals surface area contributed by atoms with E-state index in [1.807, 2.05) is 60.7 Å². The van der Waals surface area contributed by atoms with Gasteiger partial charge in [0.2, 0.25) is 0 Å². The molecule has 6 nitrogen and oxygen atoms in total. The summed E-state index contributed by atoms with van der Waals surface area (Å²) < 4.78 is 7.39. The van der Waals surface area contributed by atoms with E-state index in [9.17, 15) is 14.9 Å². The van der Waals surface area contributed by atoms with Crippen LogP contribution in [0.1, 0.15) is 15.9 Å². The predicted octanol–water partition coefficient (Wildman–Crippen LogP) is 7.96. The van der Waals surface area contributed by atoms with E-state index in [4.69, 9.17) is 27.7 Å². The van der Waals surface area contributed by atoms with Gasteiger partial charge in [0.25, 0.3) is 0 Å². The van der Waals surface area contributed by atoms with E-state index in [1.54, 1.807) is 12.1 Å². The molecule has 0 unspecified atom stereocenters. The molecule has 6 rings (SSSR count). The van der Waals surface area contributed by atoms with Gasteiger partial charge in [-0.3, -0.25) is 0 Å². The third-order valence-electron chi connectivity index (χ3n) is 7.36. The van der Waals surface area contributed by atoms with Gasteiger partial charge in [0, 0.05) is 0 Å². The van der Waals surface area contributed by atoms with Gasteiger partial charge in [-0.25, -0.2) is 0 Å². The quantitative estimate of drug-likeness (QED) is 0.120. The van der Waals surface area contributed by atoms with Crippen LogP contribution >= 0.6 is 30.0 Å². The molecule has 42 heavy (non-hydrogen) atoms. The van der Waals surface area contributed by atoms with Gasteiger partial charge in [0.15, 0.2) is 0 Å². The zero-order chi connectivity index (χ0) is 29.3. The molecule has 9 heteroatoms. The van der Waals surface area contributed by atoms with E-state index in [0.29, 0.717) is 16.3 Å². The number of benzene rings is 5. The fourth-order valence-electron chi connectivity index (χ4n) is 5.40. The van der Waals surface area contributed by atoms with Crippen LogP contribution in [0.15, 0.2) is 127 Å². The third kappa shape index (κ3) is 4.45. The number of hydrogen-bond acceptors (Lipinski definition) is 4. The topological polar surface area (TPSA) is 81.5 Å². The molecule has 1 aliphatic rings. The summed E-state index contributed by atoms with van der Waals surface area (Å²) in [6, 6.07) is 37.3. The molecule has 208 valence electrons.